The van der Waals surface area contributed by atoms with Crippen molar-refractivity contribution >= 4 is 8.25 Å². The van der Waals surface area contributed by atoms with Gasteiger partial charge >= 0.3 is 24.7 Å². The molecule has 0 aromatic rings. The third-order valence-corrected chi connectivity index (χ3v) is 2.94. The predicted molar refractivity (Wildman–Crippen MR) is 76.4 cm³/mol. The molecule has 0 aliphatic heterocycles. The van der Waals surface area contributed by atoms with Crippen LogP contribution in [0.1, 0.15) is 78.1 Å². The predicted octanol–water partition coefficient (Wildman–Crippen LogP) is 4.78. The van der Waals surface area contributed by atoms with Gasteiger partial charge in [-0.3, -0.25) is 0 Å². The van der Waals surface area contributed by atoms with Gasteiger partial charge in [0.05, 0.1) is 0 Å². The van der Waals surface area contributed by atoms with E-state index >= 15 is 0 Å². The maximum atomic E-state index is 9.90. The van der Waals surface area contributed by atoms with Gasteiger partial charge in [0.15, 0.2) is 0 Å². The molecule has 5 heteroatoms. The van der Waals surface area contributed by atoms with E-state index in [0.717, 1.165) is 19.3 Å². The normalized spacial score (nSPS) is 10.2. The van der Waals surface area contributed by atoms with Crippen LogP contribution in [0.3, 0.4) is 0 Å². The zero-order chi connectivity index (χ0) is 14.1. The Balaban J connectivity index is -0.000000280. The Bertz CT molecular complexity index is 165. The van der Waals surface area contributed by atoms with Crippen molar-refractivity contribution in [3.8, 4) is 0 Å². The van der Waals surface area contributed by atoms with E-state index in [0.29, 0.717) is 6.61 Å². The minimum Gasteiger partial charge on any atom is -0.566 e. The molecule has 0 radical (unpaired) electrons. The first-order chi connectivity index (χ1) is 8.68. The molecule has 1 atom stereocenters. The molecule has 0 bridgehead atoms. The van der Waals surface area contributed by atoms with E-state index in [2.05, 4.69) is 25.3 Å². The van der Waals surface area contributed by atoms with Gasteiger partial charge in [-0.2, -0.15) is 6.42 Å². The molecule has 0 aromatic carbocycles. The first-order valence-corrected chi connectivity index (χ1v) is 8.35. The Morgan fingerprint density at radius 2 is 1.42 bits per heavy atom. The summed E-state index contributed by atoms with van der Waals surface area (Å²) in [5, 5.41) is 0. The summed E-state index contributed by atoms with van der Waals surface area (Å²) in [6.45, 7) is 8.48. The van der Waals surface area contributed by atoms with Crippen molar-refractivity contribution in [2.24, 2.45) is 0 Å². The molecule has 0 heterocycles. The molecule has 0 amide bonds. The van der Waals surface area contributed by atoms with Crippen molar-refractivity contribution in [2.75, 3.05) is 6.61 Å². The monoisotopic (exact) mass is 335 g/mol. The zero-order valence-corrected chi connectivity index (χ0v) is 14.4. The summed E-state index contributed by atoms with van der Waals surface area (Å²) in [6.07, 6.45) is 12.0. The molecule has 0 rings (SSSR count). The van der Waals surface area contributed by atoms with Crippen LogP contribution in [0.25, 0.3) is 0 Å². The Kier molecular flexibility index (Phi) is 30.5. The van der Waals surface area contributed by atoms with E-state index in [9.17, 15) is 9.46 Å². The third-order valence-electron chi connectivity index (χ3n) is 2.55. The van der Waals surface area contributed by atoms with Crippen LogP contribution in [0.15, 0.2) is 0 Å². The van der Waals surface area contributed by atoms with Crippen LogP contribution >= 0.6 is 8.25 Å². The van der Waals surface area contributed by atoms with E-state index in [1.165, 1.54) is 44.9 Å². The summed E-state index contributed by atoms with van der Waals surface area (Å²) in [4.78, 5) is 9.90. The molecule has 0 aromatic heterocycles. The van der Waals surface area contributed by atoms with Gasteiger partial charge in [-0.05, 0) is 11.0 Å². The Hall–Kier alpha value is 0.514. The Morgan fingerprint density at radius 1 is 0.947 bits per heavy atom. The van der Waals surface area contributed by atoms with E-state index in [-0.39, 0.29) is 16.5 Å². The molecule has 0 aliphatic rings. The SMILES string of the molecule is CCCCCCCO[P+](=O)[O-].[CH2-]CCCCCC.[Ni+2]. The average Bonchev–Trinajstić information content (AvgIpc) is 2.35. The quantitative estimate of drug-likeness (QED) is 0.236. The second kappa shape index (κ2) is 23.6. The van der Waals surface area contributed by atoms with Crippen LogP contribution in [-0.4, -0.2) is 6.61 Å². The maximum absolute atomic E-state index is 9.90. The molecular weight excluding hydrogens is 306 g/mol. The largest absolute Gasteiger partial charge is 2.00 e. The number of hydrogen-bond acceptors (Lipinski definition) is 3. The van der Waals surface area contributed by atoms with E-state index in [1.54, 1.807) is 0 Å². The number of unbranched alkanes of at least 4 members (excludes halogenated alkanes) is 8. The van der Waals surface area contributed by atoms with Gasteiger partial charge < -0.3 is 11.8 Å². The van der Waals surface area contributed by atoms with Gasteiger partial charge in [0, 0.05) is 0 Å². The first-order valence-electron chi connectivity index (χ1n) is 7.25. The summed E-state index contributed by atoms with van der Waals surface area (Å²) in [5.74, 6) is 0. The second-order valence-electron chi connectivity index (χ2n) is 4.39. The van der Waals surface area contributed by atoms with Crippen LogP contribution in [0.5, 0.6) is 0 Å². The minimum atomic E-state index is -2.62. The summed E-state index contributed by atoms with van der Waals surface area (Å²) in [7, 11) is -2.62. The molecule has 0 N–H and O–H groups in total. The average molecular weight is 336 g/mol. The summed E-state index contributed by atoms with van der Waals surface area (Å²) < 4.78 is 14.3. The zero-order valence-electron chi connectivity index (χ0n) is 12.5. The van der Waals surface area contributed by atoms with Crippen molar-refractivity contribution in [3.63, 3.8) is 0 Å². The fourth-order valence-corrected chi connectivity index (χ4v) is 1.73. The first kappa shape index (κ1) is 24.5. The summed E-state index contributed by atoms with van der Waals surface area (Å²) in [5.41, 5.74) is 0. The molecular formula is C14H30NiO3P+. The van der Waals surface area contributed by atoms with E-state index in [4.69, 9.17) is 0 Å². The number of hydrogen-bond donors (Lipinski definition) is 0. The fraction of sp³-hybridized carbons (Fsp3) is 0.929. The Morgan fingerprint density at radius 3 is 1.84 bits per heavy atom. The van der Waals surface area contributed by atoms with Crippen molar-refractivity contribution in [2.45, 2.75) is 78.1 Å². The Labute approximate surface area is 130 Å². The number of rotatable bonds is 11. The van der Waals surface area contributed by atoms with Gasteiger partial charge in [-0.1, -0.05) is 65.2 Å². The molecule has 0 saturated heterocycles. The topological polar surface area (TPSA) is 49.4 Å². The van der Waals surface area contributed by atoms with Crippen molar-refractivity contribution in [3.05, 3.63) is 6.92 Å². The van der Waals surface area contributed by atoms with Gasteiger partial charge in [-0.25, -0.2) is 0 Å². The molecule has 3 nitrogen and oxygen atoms in total. The van der Waals surface area contributed by atoms with Crippen LogP contribution in [0, 0.1) is 6.92 Å². The molecule has 1 unspecified atom stereocenters. The van der Waals surface area contributed by atoms with Gasteiger partial charge in [-0.15, -0.1) is 4.52 Å². The van der Waals surface area contributed by atoms with Gasteiger partial charge in [0.1, 0.15) is 6.61 Å². The van der Waals surface area contributed by atoms with Gasteiger partial charge in [0.2, 0.25) is 0 Å². The van der Waals surface area contributed by atoms with E-state index in [1.807, 2.05) is 0 Å². The molecule has 0 fully saturated rings. The maximum Gasteiger partial charge on any atom is 2.00 e. The third kappa shape index (κ3) is 32.2. The second-order valence-corrected chi connectivity index (χ2v) is 5.09. The molecule has 0 saturated carbocycles. The van der Waals surface area contributed by atoms with Crippen LogP contribution < -0.4 is 4.89 Å². The molecule has 19 heavy (non-hydrogen) atoms. The van der Waals surface area contributed by atoms with Crippen LogP contribution in [-0.2, 0) is 25.6 Å². The van der Waals surface area contributed by atoms with Crippen molar-refractivity contribution in [1.82, 2.24) is 0 Å². The molecule has 0 aliphatic carbocycles. The summed E-state index contributed by atoms with van der Waals surface area (Å²) in [6, 6.07) is 0. The van der Waals surface area contributed by atoms with Gasteiger partial charge in [0.25, 0.3) is 0 Å². The van der Waals surface area contributed by atoms with Crippen LogP contribution in [0.2, 0.25) is 0 Å². The minimum absolute atomic E-state index is 0. The smallest absolute Gasteiger partial charge is 0.566 e. The van der Waals surface area contributed by atoms with Crippen molar-refractivity contribution in [1.29, 1.82) is 0 Å². The van der Waals surface area contributed by atoms with Crippen molar-refractivity contribution < 1.29 is 30.5 Å². The molecule has 118 valence electrons. The summed E-state index contributed by atoms with van der Waals surface area (Å²) >= 11 is 0. The van der Waals surface area contributed by atoms with Crippen LogP contribution in [0.4, 0.5) is 0 Å². The standard InChI is InChI=1S/C7H15O3P.C7H15.Ni/c1-2-3-4-5-6-7-10-11(8)9;1-3-5-7-6-4-2;/h2-7H2,1H3;1,3-7H2,2H3;/q;-1;+2. The molecule has 0 spiro atoms. The fourth-order valence-electron chi connectivity index (χ4n) is 1.45. The van der Waals surface area contributed by atoms with E-state index < -0.39 is 8.25 Å².